The smallest absolute Gasteiger partial charge is 0.196 e. The second-order valence-electron chi connectivity index (χ2n) is 8.47. The highest BCUT2D eigenvalue weighted by atomic mass is 16.1. The van der Waals surface area contributed by atoms with Gasteiger partial charge in [0.15, 0.2) is 11.3 Å². The number of hydrogen-bond donors (Lipinski definition) is 1. The molecular formula is C30H22N2O. The van der Waals surface area contributed by atoms with Gasteiger partial charge in [-0.3, -0.25) is 10.2 Å². The lowest BCUT2D eigenvalue weighted by molar-refractivity contribution is -0.120. The topological polar surface area (TPSA) is 41.5 Å². The molecule has 2 aliphatic rings. The number of ketones is 1. The molecule has 4 aromatic rings. The minimum atomic E-state index is -1.08. The first kappa shape index (κ1) is 19.4. The van der Waals surface area contributed by atoms with Crippen LogP contribution in [0.4, 0.5) is 0 Å². The molecular weight excluding hydrogens is 404 g/mol. The molecule has 0 fully saturated rings. The second-order valence-corrected chi connectivity index (χ2v) is 8.47. The Balaban J connectivity index is 1.79. The van der Waals surface area contributed by atoms with Crippen molar-refractivity contribution in [1.82, 2.24) is 5.43 Å². The number of carbonyl (C=O) groups excluding carboxylic acids is 1. The second kappa shape index (κ2) is 7.42. The summed E-state index contributed by atoms with van der Waals surface area (Å²) in [7, 11) is 0. The van der Waals surface area contributed by atoms with Crippen molar-refractivity contribution in [3.05, 3.63) is 144 Å². The average Bonchev–Trinajstić information content (AvgIpc) is 3.39. The lowest BCUT2D eigenvalue weighted by Gasteiger charge is -2.40. The molecule has 3 nitrogen and oxygen atoms in total. The largest absolute Gasteiger partial charge is 0.291 e. The van der Waals surface area contributed by atoms with Gasteiger partial charge in [-0.1, -0.05) is 121 Å². The third kappa shape index (κ3) is 2.56. The molecule has 1 N–H and O–H groups in total. The SMILES string of the molecule is O=C1C(c2ccccc2)=C(c2ccccc2)C2(c3ccccc3)C=NNC12c1ccccc1. The quantitative estimate of drug-likeness (QED) is 0.461. The molecule has 0 saturated heterocycles. The molecule has 0 saturated carbocycles. The van der Waals surface area contributed by atoms with Crippen molar-refractivity contribution in [2.75, 3.05) is 0 Å². The first-order valence-electron chi connectivity index (χ1n) is 11.1. The van der Waals surface area contributed by atoms with Crippen LogP contribution in [-0.4, -0.2) is 12.0 Å². The summed E-state index contributed by atoms with van der Waals surface area (Å²) in [6, 6.07) is 40.4. The summed E-state index contributed by atoms with van der Waals surface area (Å²) in [5.41, 5.74) is 6.99. The van der Waals surface area contributed by atoms with Crippen molar-refractivity contribution < 1.29 is 4.79 Å². The number of fused-ring (bicyclic) bond motifs is 1. The zero-order valence-corrected chi connectivity index (χ0v) is 18.0. The molecule has 0 radical (unpaired) electrons. The summed E-state index contributed by atoms with van der Waals surface area (Å²) in [4.78, 5) is 14.7. The van der Waals surface area contributed by atoms with Crippen molar-refractivity contribution in [3.8, 4) is 0 Å². The van der Waals surface area contributed by atoms with Crippen LogP contribution < -0.4 is 5.43 Å². The molecule has 1 aliphatic carbocycles. The fourth-order valence-corrected chi connectivity index (χ4v) is 5.50. The van der Waals surface area contributed by atoms with Crippen molar-refractivity contribution in [3.63, 3.8) is 0 Å². The third-order valence-corrected chi connectivity index (χ3v) is 6.85. The average molecular weight is 427 g/mol. The Labute approximate surface area is 193 Å². The maximum atomic E-state index is 14.7. The standard InChI is InChI=1S/C30H22N2O/c33-28-26(22-13-5-1-6-14-22)27(23-15-7-2-8-16-23)29(24-17-9-3-10-18-24)21-31-32-30(28,29)25-19-11-4-12-20-25/h1-21,32H. The van der Waals surface area contributed by atoms with Gasteiger partial charge in [-0.05, 0) is 27.8 Å². The zero-order chi connectivity index (χ0) is 22.3. The van der Waals surface area contributed by atoms with Gasteiger partial charge >= 0.3 is 0 Å². The Kier molecular flexibility index (Phi) is 4.37. The van der Waals surface area contributed by atoms with Gasteiger partial charge < -0.3 is 0 Å². The molecule has 0 aromatic heterocycles. The fourth-order valence-electron chi connectivity index (χ4n) is 5.50. The van der Waals surface area contributed by atoms with Gasteiger partial charge in [0, 0.05) is 11.8 Å². The van der Waals surface area contributed by atoms with Crippen LogP contribution in [0.1, 0.15) is 22.3 Å². The fraction of sp³-hybridized carbons (Fsp3) is 0.0667. The summed E-state index contributed by atoms with van der Waals surface area (Å²) < 4.78 is 0. The first-order valence-corrected chi connectivity index (χ1v) is 11.1. The van der Waals surface area contributed by atoms with Gasteiger partial charge in [0.25, 0.3) is 0 Å². The zero-order valence-electron chi connectivity index (χ0n) is 18.0. The highest BCUT2D eigenvalue weighted by molar-refractivity contribution is 6.40. The van der Waals surface area contributed by atoms with Gasteiger partial charge in [-0.25, -0.2) is 0 Å². The van der Waals surface area contributed by atoms with E-state index >= 15 is 0 Å². The van der Waals surface area contributed by atoms with E-state index in [1.807, 2.05) is 103 Å². The predicted molar refractivity (Wildman–Crippen MR) is 133 cm³/mol. The van der Waals surface area contributed by atoms with Crippen LogP contribution >= 0.6 is 0 Å². The minimum Gasteiger partial charge on any atom is -0.291 e. The molecule has 0 spiro atoms. The molecule has 0 amide bonds. The highest BCUT2D eigenvalue weighted by Crippen LogP contribution is 2.61. The van der Waals surface area contributed by atoms with E-state index in [0.717, 1.165) is 33.4 Å². The molecule has 33 heavy (non-hydrogen) atoms. The summed E-state index contributed by atoms with van der Waals surface area (Å²) in [6.45, 7) is 0. The molecule has 6 rings (SSSR count). The van der Waals surface area contributed by atoms with E-state index in [4.69, 9.17) is 0 Å². The molecule has 0 bridgehead atoms. The van der Waals surface area contributed by atoms with E-state index in [9.17, 15) is 4.79 Å². The highest BCUT2D eigenvalue weighted by Gasteiger charge is 2.68. The van der Waals surface area contributed by atoms with E-state index in [2.05, 4.69) is 34.8 Å². The van der Waals surface area contributed by atoms with Crippen molar-refractivity contribution in [1.29, 1.82) is 0 Å². The number of carbonyl (C=O) groups is 1. The number of nitrogens with zero attached hydrogens (tertiary/aromatic N) is 1. The molecule has 158 valence electrons. The van der Waals surface area contributed by atoms with Gasteiger partial charge in [-0.2, -0.15) is 5.10 Å². The molecule has 4 aromatic carbocycles. The number of hydrazone groups is 1. The number of nitrogens with one attached hydrogen (secondary N) is 1. The van der Waals surface area contributed by atoms with Crippen LogP contribution in [0.2, 0.25) is 0 Å². The van der Waals surface area contributed by atoms with Crippen LogP contribution in [0.5, 0.6) is 0 Å². The van der Waals surface area contributed by atoms with E-state index in [1.54, 1.807) is 0 Å². The number of rotatable bonds is 4. The van der Waals surface area contributed by atoms with Gasteiger partial charge in [0.05, 0.1) is 5.41 Å². The Bertz CT molecular complexity index is 1380. The summed E-state index contributed by atoms with van der Waals surface area (Å²) >= 11 is 0. The van der Waals surface area contributed by atoms with E-state index < -0.39 is 11.0 Å². The molecule has 2 atom stereocenters. The first-order chi connectivity index (χ1) is 16.3. The Hall–Kier alpha value is -4.24. The van der Waals surface area contributed by atoms with Crippen LogP contribution in [0.15, 0.2) is 126 Å². The normalized spacial score (nSPS) is 23.5. The maximum absolute atomic E-state index is 14.7. The van der Waals surface area contributed by atoms with Gasteiger partial charge in [0.1, 0.15) is 0 Å². The predicted octanol–water partition coefficient (Wildman–Crippen LogP) is 5.60. The molecule has 2 unspecified atom stereocenters. The lowest BCUT2D eigenvalue weighted by Crippen LogP contribution is -2.55. The van der Waals surface area contributed by atoms with E-state index in [-0.39, 0.29) is 5.78 Å². The van der Waals surface area contributed by atoms with Crippen molar-refractivity contribution in [2.45, 2.75) is 11.0 Å². The van der Waals surface area contributed by atoms with Crippen molar-refractivity contribution in [2.24, 2.45) is 5.10 Å². The summed E-state index contributed by atoms with van der Waals surface area (Å²) in [5, 5.41) is 4.59. The molecule has 3 heteroatoms. The number of Topliss-reactive ketones (excluding diaryl/α,β-unsaturated/α-hetero) is 1. The Morgan fingerprint density at radius 3 is 1.64 bits per heavy atom. The molecule has 1 heterocycles. The van der Waals surface area contributed by atoms with Gasteiger partial charge in [0.2, 0.25) is 0 Å². The van der Waals surface area contributed by atoms with E-state index in [0.29, 0.717) is 0 Å². The third-order valence-electron chi connectivity index (χ3n) is 6.85. The monoisotopic (exact) mass is 426 g/mol. The van der Waals surface area contributed by atoms with E-state index in [1.165, 1.54) is 0 Å². The maximum Gasteiger partial charge on any atom is 0.196 e. The van der Waals surface area contributed by atoms with Crippen molar-refractivity contribution >= 4 is 23.1 Å². The minimum absolute atomic E-state index is 0.0279. The van der Waals surface area contributed by atoms with Gasteiger partial charge in [-0.15, -0.1) is 0 Å². The van der Waals surface area contributed by atoms with Crippen LogP contribution in [0.3, 0.4) is 0 Å². The summed E-state index contributed by atoms with van der Waals surface area (Å²) in [5.74, 6) is 0.0279. The number of hydrogen-bond acceptors (Lipinski definition) is 3. The van der Waals surface area contributed by atoms with Crippen LogP contribution in [0, 0.1) is 0 Å². The number of benzene rings is 4. The van der Waals surface area contributed by atoms with Crippen LogP contribution in [-0.2, 0) is 15.7 Å². The lowest BCUT2D eigenvalue weighted by atomic mass is 9.61. The van der Waals surface area contributed by atoms with Crippen LogP contribution in [0.25, 0.3) is 11.1 Å². The summed E-state index contributed by atoms with van der Waals surface area (Å²) in [6.07, 6.45) is 1.94. The Morgan fingerprint density at radius 2 is 1.06 bits per heavy atom. The Morgan fingerprint density at radius 1 is 0.576 bits per heavy atom. The molecule has 1 aliphatic heterocycles.